The molecule has 6 nitrogen and oxygen atoms in total. The summed E-state index contributed by atoms with van der Waals surface area (Å²) in [5, 5.41) is 12.6. The molecule has 0 aliphatic heterocycles. The molecule has 0 aliphatic rings. The number of nitrogens with two attached hydrogens (primary N) is 1. The maximum absolute atomic E-state index is 9.08. The number of rotatable bonds is 6. The summed E-state index contributed by atoms with van der Waals surface area (Å²) < 4.78 is 0. The minimum atomic E-state index is -0.288. The maximum Gasteiger partial charge on any atom is 0.239 e. The number of hydrogen-bond acceptors (Lipinski definition) is 6. The first-order chi connectivity index (χ1) is 7.63. The van der Waals surface area contributed by atoms with Crippen LogP contribution < -0.4 is 16.6 Å². The largest absolute Gasteiger partial charge is 0.393 e. The van der Waals surface area contributed by atoms with E-state index in [1.54, 1.807) is 6.92 Å². The number of nitrogens with one attached hydrogen (secondary N) is 2. The van der Waals surface area contributed by atoms with Crippen LogP contribution in [-0.2, 0) is 0 Å². The normalized spacial score (nSPS) is 12.2. The van der Waals surface area contributed by atoms with Crippen LogP contribution in [0, 0.1) is 0 Å². The minimum Gasteiger partial charge on any atom is -0.393 e. The zero-order chi connectivity index (χ0) is 12.0. The third kappa shape index (κ3) is 4.18. The van der Waals surface area contributed by atoms with Gasteiger partial charge in [0.2, 0.25) is 5.95 Å². The summed E-state index contributed by atoms with van der Waals surface area (Å²) in [5.74, 6) is 6.03. The molecule has 0 amide bonds. The highest BCUT2D eigenvalue weighted by Gasteiger charge is 2.04. The highest BCUT2D eigenvalue weighted by Crippen LogP contribution is 2.18. The van der Waals surface area contributed by atoms with E-state index in [1.165, 1.54) is 6.20 Å². The Morgan fingerprint density at radius 2 is 2.38 bits per heavy atom. The molecule has 0 saturated carbocycles. The van der Waals surface area contributed by atoms with Crippen LogP contribution in [0.1, 0.15) is 19.8 Å². The molecule has 7 heteroatoms. The number of aliphatic hydroxyl groups is 1. The monoisotopic (exact) mass is 245 g/mol. The van der Waals surface area contributed by atoms with Crippen LogP contribution in [0.4, 0.5) is 11.8 Å². The number of aliphatic hydroxyl groups excluding tert-OH is 1. The van der Waals surface area contributed by atoms with Gasteiger partial charge in [-0.1, -0.05) is 11.6 Å². The zero-order valence-electron chi connectivity index (χ0n) is 9.07. The Hall–Kier alpha value is -1.11. The van der Waals surface area contributed by atoms with Crippen LogP contribution in [0.15, 0.2) is 6.20 Å². The Balaban J connectivity index is 2.46. The van der Waals surface area contributed by atoms with Crippen molar-refractivity contribution in [2.45, 2.75) is 25.9 Å². The highest BCUT2D eigenvalue weighted by atomic mass is 35.5. The van der Waals surface area contributed by atoms with E-state index in [2.05, 4.69) is 20.7 Å². The molecule has 1 aromatic rings. The zero-order valence-corrected chi connectivity index (χ0v) is 9.83. The predicted molar refractivity (Wildman–Crippen MR) is 64.3 cm³/mol. The molecule has 0 bridgehead atoms. The SMILES string of the molecule is CC(O)CCCNc1nc(NN)ncc1Cl. The Morgan fingerprint density at radius 3 is 3.00 bits per heavy atom. The minimum absolute atomic E-state index is 0.288. The first kappa shape index (κ1) is 13.0. The van der Waals surface area contributed by atoms with Gasteiger partial charge in [-0.2, -0.15) is 4.98 Å². The van der Waals surface area contributed by atoms with E-state index in [4.69, 9.17) is 22.6 Å². The molecular formula is C9H16ClN5O. The number of nitrogen functional groups attached to an aromatic ring is 1. The Morgan fingerprint density at radius 1 is 1.62 bits per heavy atom. The van der Waals surface area contributed by atoms with Crippen molar-refractivity contribution in [3.63, 3.8) is 0 Å². The van der Waals surface area contributed by atoms with Gasteiger partial charge in [0, 0.05) is 6.54 Å². The lowest BCUT2D eigenvalue weighted by atomic mass is 10.2. The molecule has 0 saturated heterocycles. The van der Waals surface area contributed by atoms with Gasteiger partial charge in [-0.15, -0.1) is 0 Å². The van der Waals surface area contributed by atoms with Crippen molar-refractivity contribution in [1.82, 2.24) is 9.97 Å². The smallest absolute Gasteiger partial charge is 0.239 e. The molecule has 0 fully saturated rings. The van der Waals surface area contributed by atoms with Gasteiger partial charge in [-0.25, -0.2) is 10.8 Å². The van der Waals surface area contributed by atoms with Crippen LogP contribution in [0.25, 0.3) is 0 Å². The summed E-state index contributed by atoms with van der Waals surface area (Å²) in [6.07, 6.45) is 2.76. The second-order valence-electron chi connectivity index (χ2n) is 3.45. The van der Waals surface area contributed by atoms with Crippen molar-refractivity contribution < 1.29 is 5.11 Å². The van der Waals surface area contributed by atoms with Crippen LogP contribution in [0.2, 0.25) is 5.02 Å². The van der Waals surface area contributed by atoms with Crippen LogP contribution in [0.5, 0.6) is 0 Å². The fourth-order valence-corrected chi connectivity index (χ4v) is 1.32. The fraction of sp³-hybridized carbons (Fsp3) is 0.556. The molecule has 16 heavy (non-hydrogen) atoms. The molecule has 5 N–H and O–H groups in total. The Labute approximate surface area is 99.2 Å². The van der Waals surface area contributed by atoms with Crippen LogP contribution >= 0.6 is 11.6 Å². The molecule has 1 heterocycles. The molecule has 1 unspecified atom stereocenters. The highest BCUT2D eigenvalue weighted by molar-refractivity contribution is 6.32. The van der Waals surface area contributed by atoms with Crippen LogP contribution in [-0.4, -0.2) is 27.7 Å². The lowest BCUT2D eigenvalue weighted by Gasteiger charge is -2.09. The van der Waals surface area contributed by atoms with Crippen LogP contribution in [0.3, 0.4) is 0 Å². The molecule has 0 aromatic carbocycles. The molecule has 0 aliphatic carbocycles. The van der Waals surface area contributed by atoms with Gasteiger partial charge in [0.25, 0.3) is 0 Å². The van der Waals surface area contributed by atoms with Gasteiger partial charge in [-0.05, 0) is 19.8 Å². The number of nitrogens with zero attached hydrogens (tertiary/aromatic N) is 2. The molecule has 0 radical (unpaired) electrons. The average molecular weight is 246 g/mol. The quantitative estimate of drug-likeness (QED) is 0.339. The summed E-state index contributed by atoms with van der Waals surface area (Å²) >= 11 is 5.89. The number of halogens is 1. The van der Waals surface area contributed by atoms with E-state index in [1.807, 2.05) is 0 Å². The van der Waals surface area contributed by atoms with Gasteiger partial charge in [0.05, 0.1) is 12.3 Å². The number of anilines is 2. The number of hydrogen-bond donors (Lipinski definition) is 4. The molecule has 1 aromatic heterocycles. The van der Waals surface area contributed by atoms with Gasteiger partial charge in [-0.3, -0.25) is 5.43 Å². The summed E-state index contributed by atoms with van der Waals surface area (Å²) in [5.41, 5.74) is 2.34. The van der Waals surface area contributed by atoms with Crippen molar-refractivity contribution in [2.75, 3.05) is 17.3 Å². The van der Waals surface area contributed by atoms with E-state index in [9.17, 15) is 0 Å². The van der Waals surface area contributed by atoms with E-state index < -0.39 is 0 Å². The standard InChI is InChI=1S/C9H16ClN5O/c1-6(16)3-2-4-12-8-7(10)5-13-9(14-8)15-11/h5-6,16H,2-4,11H2,1H3,(H2,12,13,14,15). The molecule has 1 atom stereocenters. The van der Waals surface area contributed by atoms with Gasteiger partial charge in [0.15, 0.2) is 5.82 Å². The average Bonchev–Trinajstić information content (AvgIpc) is 2.26. The molecular weight excluding hydrogens is 230 g/mol. The van der Waals surface area contributed by atoms with E-state index in [0.717, 1.165) is 12.8 Å². The van der Waals surface area contributed by atoms with Gasteiger partial charge >= 0.3 is 0 Å². The topological polar surface area (TPSA) is 96.1 Å². The first-order valence-corrected chi connectivity index (χ1v) is 5.42. The fourth-order valence-electron chi connectivity index (χ4n) is 1.16. The predicted octanol–water partition coefficient (Wildman–Crippen LogP) is 0.988. The Bertz CT molecular complexity index is 334. The van der Waals surface area contributed by atoms with E-state index >= 15 is 0 Å². The van der Waals surface area contributed by atoms with E-state index in [0.29, 0.717) is 23.3 Å². The second kappa shape index (κ2) is 6.47. The van der Waals surface area contributed by atoms with Gasteiger partial charge < -0.3 is 10.4 Å². The van der Waals surface area contributed by atoms with Crippen molar-refractivity contribution >= 4 is 23.4 Å². The van der Waals surface area contributed by atoms with Gasteiger partial charge in [0.1, 0.15) is 5.02 Å². The van der Waals surface area contributed by atoms with Crippen molar-refractivity contribution in [1.29, 1.82) is 0 Å². The number of aromatic nitrogens is 2. The summed E-state index contributed by atoms with van der Waals surface area (Å²) in [6, 6.07) is 0. The lowest BCUT2D eigenvalue weighted by molar-refractivity contribution is 0.183. The molecule has 0 spiro atoms. The summed E-state index contributed by atoms with van der Waals surface area (Å²) in [7, 11) is 0. The second-order valence-corrected chi connectivity index (χ2v) is 3.86. The summed E-state index contributed by atoms with van der Waals surface area (Å²) in [6.45, 7) is 2.44. The maximum atomic E-state index is 9.08. The third-order valence-electron chi connectivity index (χ3n) is 1.96. The van der Waals surface area contributed by atoms with E-state index in [-0.39, 0.29) is 6.10 Å². The molecule has 1 rings (SSSR count). The van der Waals surface area contributed by atoms with Crippen molar-refractivity contribution in [2.24, 2.45) is 5.84 Å². The lowest BCUT2D eigenvalue weighted by Crippen LogP contribution is -2.13. The number of hydrazine groups is 1. The first-order valence-electron chi connectivity index (χ1n) is 5.04. The van der Waals surface area contributed by atoms with Crippen molar-refractivity contribution in [3.05, 3.63) is 11.2 Å². The third-order valence-corrected chi connectivity index (χ3v) is 2.24. The van der Waals surface area contributed by atoms with Crippen molar-refractivity contribution in [3.8, 4) is 0 Å². The molecule has 90 valence electrons. The Kier molecular flexibility index (Phi) is 5.24. The summed E-state index contributed by atoms with van der Waals surface area (Å²) in [4.78, 5) is 7.91.